The first kappa shape index (κ1) is 11.2. The van der Waals surface area contributed by atoms with Crippen LogP contribution in [0.5, 0.6) is 0 Å². The summed E-state index contributed by atoms with van der Waals surface area (Å²) in [5, 5.41) is 0. The van der Waals surface area contributed by atoms with E-state index >= 15 is 0 Å². The third-order valence-electron chi connectivity index (χ3n) is 3.63. The molecule has 0 aromatic carbocycles. The molecule has 0 aromatic rings. The fourth-order valence-corrected chi connectivity index (χ4v) is 4.45. The second-order valence-electron chi connectivity index (χ2n) is 5.91. The van der Waals surface area contributed by atoms with Crippen molar-refractivity contribution in [3.63, 3.8) is 0 Å². The standard InChI is InChI=1S/C11H21BrOSi/c1-14(2,3)11(12)10-7-8-5-4-6-9(8)13-10/h8-11H,4-7H2,1-3H3/t8-,9+,10-,11+/m0/s1. The summed E-state index contributed by atoms with van der Waals surface area (Å²) in [6.45, 7) is 7.26. The Morgan fingerprint density at radius 3 is 2.57 bits per heavy atom. The number of hydrogen-bond donors (Lipinski definition) is 0. The van der Waals surface area contributed by atoms with Crippen molar-refractivity contribution in [2.24, 2.45) is 5.92 Å². The van der Waals surface area contributed by atoms with E-state index in [0.717, 1.165) is 5.92 Å². The lowest BCUT2D eigenvalue weighted by Crippen LogP contribution is -2.42. The zero-order valence-corrected chi connectivity index (χ0v) is 12.0. The van der Waals surface area contributed by atoms with E-state index in [4.69, 9.17) is 4.74 Å². The van der Waals surface area contributed by atoms with Crippen LogP contribution in [0.15, 0.2) is 0 Å². The maximum absolute atomic E-state index is 6.16. The minimum Gasteiger partial charge on any atom is -0.374 e. The molecule has 0 N–H and O–H groups in total. The van der Waals surface area contributed by atoms with Gasteiger partial charge in [-0.05, 0) is 25.2 Å². The van der Waals surface area contributed by atoms with Crippen LogP contribution in [0.4, 0.5) is 0 Å². The molecule has 0 spiro atoms. The molecule has 1 saturated carbocycles. The molecule has 1 nitrogen and oxygen atoms in total. The number of ether oxygens (including phenoxy) is 1. The number of alkyl halides is 1. The van der Waals surface area contributed by atoms with Gasteiger partial charge < -0.3 is 4.74 Å². The van der Waals surface area contributed by atoms with Crippen molar-refractivity contribution in [1.29, 1.82) is 0 Å². The molecule has 1 aliphatic heterocycles. The second kappa shape index (κ2) is 3.91. The highest BCUT2D eigenvalue weighted by Crippen LogP contribution is 2.42. The van der Waals surface area contributed by atoms with E-state index in [9.17, 15) is 0 Å². The van der Waals surface area contributed by atoms with Crippen LogP contribution in [0.1, 0.15) is 25.7 Å². The summed E-state index contributed by atoms with van der Waals surface area (Å²) >= 11 is 3.87. The van der Waals surface area contributed by atoms with Gasteiger partial charge in [0.05, 0.1) is 20.3 Å². The van der Waals surface area contributed by atoms with Gasteiger partial charge in [-0.25, -0.2) is 0 Å². The normalized spacial score (nSPS) is 39.9. The minimum atomic E-state index is -1.08. The minimum absolute atomic E-state index is 0.511. The van der Waals surface area contributed by atoms with Gasteiger partial charge in [0.1, 0.15) is 0 Å². The second-order valence-corrected chi connectivity index (χ2v) is 13.1. The van der Waals surface area contributed by atoms with Crippen molar-refractivity contribution < 1.29 is 4.74 Å². The smallest absolute Gasteiger partial charge is 0.0682 e. The summed E-state index contributed by atoms with van der Waals surface area (Å²) in [7, 11) is -1.08. The van der Waals surface area contributed by atoms with Crippen molar-refractivity contribution in [2.45, 2.75) is 62.0 Å². The highest BCUT2D eigenvalue weighted by molar-refractivity contribution is 9.10. The van der Waals surface area contributed by atoms with Crippen LogP contribution in [0, 0.1) is 5.92 Å². The van der Waals surface area contributed by atoms with Crippen LogP contribution in [-0.4, -0.2) is 24.7 Å². The zero-order chi connectivity index (χ0) is 10.3. The molecule has 3 heteroatoms. The number of fused-ring (bicyclic) bond motifs is 1. The SMILES string of the molecule is C[Si](C)(C)[C@@H](Br)[C@@H]1C[C@@H]2CCC[C@H]2O1. The molecule has 2 fully saturated rings. The first-order valence-electron chi connectivity index (χ1n) is 5.78. The van der Waals surface area contributed by atoms with E-state index in [-0.39, 0.29) is 0 Å². The number of halogens is 1. The molecule has 2 rings (SSSR count). The third kappa shape index (κ3) is 2.09. The lowest BCUT2D eigenvalue weighted by atomic mass is 10.0. The molecule has 1 saturated heterocycles. The summed E-state index contributed by atoms with van der Waals surface area (Å²) in [5.74, 6) is 0.886. The molecular formula is C11H21BrOSi. The van der Waals surface area contributed by atoms with Crippen LogP contribution in [0.2, 0.25) is 19.6 Å². The van der Waals surface area contributed by atoms with Gasteiger partial charge >= 0.3 is 0 Å². The number of hydrogen-bond acceptors (Lipinski definition) is 1. The van der Waals surface area contributed by atoms with Crippen LogP contribution in [0.25, 0.3) is 0 Å². The van der Waals surface area contributed by atoms with Crippen molar-refractivity contribution >= 4 is 24.0 Å². The van der Waals surface area contributed by atoms with Gasteiger partial charge in [-0.15, -0.1) is 0 Å². The van der Waals surface area contributed by atoms with Gasteiger partial charge in [-0.3, -0.25) is 0 Å². The van der Waals surface area contributed by atoms with Crippen LogP contribution < -0.4 is 0 Å². The zero-order valence-electron chi connectivity index (χ0n) is 9.42. The van der Waals surface area contributed by atoms with E-state index in [2.05, 4.69) is 35.6 Å². The average molecular weight is 277 g/mol. The molecule has 0 unspecified atom stereocenters. The Bertz CT molecular complexity index is 202. The molecule has 4 atom stereocenters. The molecule has 0 radical (unpaired) electrons. The Morgan fingerprint density at radius 2 is 2.00 bits per heavy atom. The quantitative estimate of drug-likeness (QED) is 0.553. The summed E-state index contributed by atoms with van der Waals surface area (Å²) in [6, 6.07) is 0. The van der Waals surface area contributed by atoms with E-state index < -0.39 is 8.07 Å². The van der Waals surface area contributed by atoms with Crippen molar-refractivity contribution in [3.05, 3.63) is 0 Å². The summed E-state index contributed by atoms with van der Waals surface area (Å²) in [4.78, 5) is 0. The molecule has 0 aromatic heterocycles. The topological polar surface area (TPSA) is 9.23 Å². The molecule has 0 bridgehead atoms. The van der Waals surface area contributed by atoms with Crippen molar-refractivity contribution in [2.75, 3.05) is 0 Å². The molecule has 1 heterocycles. The lowest BCUT2D eigenvalue weighted by molar-refractivity contribution is 0.0487. The Hall–Kier alpha value is 0.657. The van der Waals surface area contributed by atoms with E-state index in [1.807, 2.05) is 0 Å². The largest absolute Gasteiger partial charge is 0.374 e. The maximum Gasteiger partial charge on any atom is 0.0682 e. The average Bonchev–Trinajstić information content (AvgIpc) is 2.58. The molecule has 2 aliphatic rings. The first-order valence-corrected chi connectivity index (χ1v) is 10.3. The van der Waals surface area contributed by atoms with Crippen LogP contribution >= 0.6 is 15.9 Å². The Morgan fingerprint density at radius 1 is 1.29 bits per heavy atom. The monoisotopic (exact) mass is 276 g/mol. The lowest BCUT2D eigenvalue weighted by Gasteiger charge is -2.29. The van der Waals surface area contributed by atoms with Crippen LogP contribution in [0.3, 0.4) is 0 Å². The van der Waals surface area contributed by atoms with Gasteiger partial charge in [0, 0.05) is 4.45 Å². The highest BCUT2D eigenvalue weighted by Gasteiger charge is 2.43. The third-order valence-corrected chi connectivity index (χ3v) is 10.4. The van der Waals surface area contributed by atoms with Crippen molar-refractivity contribution in [3.8, 4) is 0 Å². The molecule has 82 valence electrons. The van der Waals surface area contributed by atoms with Crippen LogP contribution in [-0.2, 0) is 4.74 Å². The molecule has 1 aliphatic carbocycles. The summed E-state index contributed by atoms with van der Waals surface area (Å²) < 4.78 is 6.80. The molecule has 14 heavy (non-hydrogen) atoms. The van der Waals surface area contributed by atoms with Gasteiger partial charge in [0.15, 0.2) is 0 Å². The Balaban J connectivity index is 1.96. The fraction of sp³-hybridized carbons (Fsp3) is 1.00. The highest BCUT2D eigenvalue weighted by atomic mass is 79.9. The van der Waals surface area contributed by atoms with Gasteiger partial charge in [0.2, 0.25) is 0 Å². The predicted octanol–water partition coefficient (Wildman–Crippen LogP) is 3.58. The van der Waals surface area contributed by atoms with Gasteiger partial charge in [-0.2, -0.15) is 0 Å². The van der Waals surface area contributed by atoms with Gasteiger partial charge in [-0.1, -0.05) is 42.0 Å². The molecular weight excluding hydrogens is 256 g/mol. The van der Waals surface area contributed by atoms with E-state index in [1.54, 1.807) is 0 Å². The summed E-state index contributed by atoms with van der Waals surface area (Å²) in [5.41, 5.74) is 0. The maximum atomic E-state index is 6.16. The van der Waals surface area contributed by atoms with Gasteiger partial charge in [0.25, 0.3) is 0 Å². The molecule has 0 amide bonds. The Kier molecular flexibility index (Phi) is 3.11. The van der Waals surface area contributed by atoms with E-state index in [0.29, 0.717) is 16.7 Å². The van der Waals surface area contributed by atoms with Crippen molar-refractivity contribution in [1.82, 2.24) is 0 Å². The Labute approximate surface area is 96.7 Å². The predicted molar refractivity (Wildman–Crippen MR) is 66.7 cm³/mol. The number of rotatable bonds is 2. The first-order chi connectivity index (χ1) is 6.48. The summed E-state index contributed by atoms with van der Waals surface area (Å²) in [6.07, 6.45) is 6.54. The fourth-order valence-electron chi connectivity index (χ4n) is 2.78. The van der Waals surface area contributed by atoms with E-state index in [1.165, 1.54) is 25.7 Å².